The summed E-state index contributed by atoms with van der Waals surface area (Å²) in [6, 6.07) is 10.6. The van der Waals surface area contributed by atoms with Crippen LogP contribution in [0.1, 0.15) is 23.2 Å². The number of benzene rings is 1. The summed E-state index contributed by atoms with van der Waals surface area (Å²) in [7, 11) is 1.34. The van der Waals surface area contributed by atoms with Crippen LogP contribution in [0.15, 0.2) is 48.8 Å². The van der Waals surface area contributed by atoms with Gasteiger partial charge in [0, 0.05) is 31.0 Å². The molecule has 0 unspecified atom stereocenters. The van der Waals surface area contributed by atoms with Crippen LogP contribution in [0, 0.1) is 0 Å². The Morgan fingerprint density at radius 3 is 2.43 bits per heavy atom. The van der Waals surface area contributed by atoms with E-state index in [2.05, 4.69) is 10.1 Å². The molecule has 0 saturated carbocycles. The minimum Gasteiger partial charge on any atom is -0.465 e. The smallest absolute Gasteiger partial charge is 0.337 e. The Kier molecular flexibility index (Phi) is 5.15. The number of carbonyl (C=O) groups excluding carboxylic acids is 2. The van der Waals surface area contributed by atoms with E-state index in [9.17, 15) is 9.59 Å². The van der Waals surface area contributed by atoms with Crippen LogP contribution in [-0.2, 0) is 16.1 Å². The summed E-state index contributed by atoms with van der Waals surface area (Å²) >= 11 is 0. The summed E-state index contributed by atoms with van der Waals surface area (Å²) in [5, 5.41) is 2.81. The average Bonchev–Trinajstić information content (AvgIpc) is 3.00. The van der Waals surface area contributed by atoms with Crippen LogP contribution in [0.3, 0.4) is 0 Å². The van der Waals surface area contributed by atoms with E-state index in [1.54, 1.807) is 24.3 Å². The standard InChI is InChI=1S/C16H18N2O3/c1-21-16(20)13-6-8-14(9-7-13)17-15(19)5-4-12-18-10-2-3-11-18/h2-3,6-11H,4-5,12H2,1H3,(H,17,19). The first-order chi connectivity index (χ1) is 10.2. The summed E-state index contributed by atoms with van der Waals surface area (Å²) in [5.74, 6) is -0.424. The molecular formula is C16H18N2O3. The number of aromatic nitrogens is 1. The fraction of sp³-hybridized carbons (Fsp3) is 0.250. The third-order valence-corrected chi connectivity index (χ3v) is 3.08. The number of esters is 1. The molecule has 0 bridgehead atoms. The largest absolute Gasteiger partial charge is 0.465 e. The van der Waals surface area contributed by atoms with Crippen LogP contribution in [0.5, 0.6) is 0 Å². The molecule has 0 spiro atoms. The van der Waals surface area contributed by atoms with E-state index in [-0.39, 0.29) is 11.9 Å². The first kappa shape index (κ1) is 14.8. The number of anilines is 1. The third-order valence-electron chi connectivity index (χ3n) is 3.08. The lowest BCUT2D eigenvalue weighted by atomic mass is 10.2. The Morgan fingerprint density at radius 1 is 1.14 bits per heavy atom. The molecule has 2 aromatic rings. The predicted octanol–water partition coefficient (Wildman–Crippen LogP) is 2.69. The second-order valence-corrected chi connectivity index (χ2v) is 4.64. The van der Waals surface area contributed by atoms with Crippen molar-refractivity contribution in [2.24, 2.45) is 0 Å². The van der Waals surface area contributed by atoms with Crippen molar-refractivity contribution >= 4 is 17.6 Å². The average molecular weight is 286 g/mol. The second-order valence-electron chi connectivity index (χ2n) is 4.64. The van der Waals surface area contributed by atoms with Crippen LogP contribution in [-0.4, -0.2) is 23.6 Å². The Morgan fingerprint density at radius 2 is 1.81 bits per heavy atom. The first-order valence-corrected chi connectivity index (χ1v) is 6.78. The molecule has 1 heterocycles. The molecule has 1 amide bonds. The SMILES string of the molecule is COC(=O)c1ccc(NC(=O)CCCn2cccc2)cc1. The van der Waals surface area contributed by atoms with Crippen molar-refractivity contribution in [3.63, 3.8) is 0 Å². The monoisotopic (exact) mass is 286 g/mol. The van der Waals surface area contributed by atoms with E-state index in [4.69, 9.17) is 0 Å². The van der Waals surface area contributed by atoms with Gasteiger partial charge in [-0.2, -0.15) is 0 Å². The number of nitrogens with zero attached hydrogens (tertiary/aromatic N) is 1. The Hall–Kier alpha value is -2.56. The number of rotatable bonds is 6. The van der Waals surface area contributed by atoms with Gasteiger partial charge in [-0.3, -0.25) is 4.79 Å². The Balaban J connectivity index is 1.78. The fourth-order valence-corrected chi connectivity index (χ4v) is 1.97. The molecule has 5 nitrogen and oxygen atoms in total. The van der Waals surface area contributed by atoms with Gasteiger partial charge in [-0.25, -0.2) is 4.79 Å². The van der Waals surface area contributed by atoms with Crippen molar-refractivity contribution in [3.8, 4) is 0 Å². The molecule has 0 aliphatic rings. The highest BCUT2D eigenvalue weighted by Gasteiger charge is 2.06. The molecule has 0 saturated heterocycles. The third kappa shape index (κ3) is 4.49. The van der Waals surface area contributed by atoms with Crippen LogP contribution in [0.4, 0.5) is 5.69 Å². The van der Waals surface area contributed by atoms with Crippen molar-refractivity contribution in [2.75, 3.05) is 12.4 Å². The number of ether oxygens (including phenoxy) is 1. The maximum atomic E-state index is 11.8. The van der Waals surface area contributed by atoms with Gasteiger partial charge < -0.3 is 14.6 Å². The highest BCUT2D eigenvalue weighted by molar-refractivity contribution is 5.92. The summed E-state index contributed by atoms with van der Waals surface area (Å²) in [6.45, 7) is 0.821. The molecule has 1 N–H and O–H groups in total. The topological polar surface area (TPSA) is 60.3 Å². The number of aryl methyl sites for hydroxylation is 1. The van der Waals surface area contributed by atoms with E-state index < -0.39 is 0 Å². The Bertz CT molecular complexity index is 588. The molecule has 0 aliphatic carbocycles. The number of nitrogens with one attached hydrogen (secondary N) is 1. The van der Waals surface area contributed by atoms with Gasteiger partial charge >= 0.3 is 5.97 Å². The molecule has 2 rings (SSSR count). The van der Waals surface area contributed by atoms with Gasteiger partial charge in [-0.05, 0) is 42.8 Å². The molecule has 0 fully saturated rings. The van der Waals surface area contributed by atoms with Gasteiger partial charge in [0.15, 0.2) is 0 Å². The second kappa shape index (κ2) is 7.28. The molecule has 5 heteroatoms. The van der Waals surface area contributed by atoms with Gasteiger partial charge in [-0.1, -0.05) is 0 Å². The van der Waals surface area contributed by atoms with Gasteiger partial charge in [-0.15, -0.1) is 0 Å². The highest BCUT2D eigenvalue weighted by atomic mass is 16.5. The van der Waals surface area contributed by atoms with Crippen LogP contribution < -0.4 is 5.32 Å². The van der Waals surface area contributed by atoms with E-state index >= 15 is 0 Å². The summed E-state index contributed by atoms with van der Waals surface area (Å²) in [6.07, 6.45) is 5.19. The lowest BCUT2D eigenvalue weighted by Gasteiger charge is -2.06. The number of carbonyl (C=O) groups is 2. The van der Waals surface area contributed by atoms with Crippen molar-refractivity contribution in [1.82, 2.24) is 4.57 Å². The Labute approximate surface area is 123 Å². The van der Waals surface area contributed by atoms with Crippen molar-refractivity contribution in [3.05, 3.63) is 54.4 Å². The molecule has 21 heavy (non-hydrogen) atoms. The fourth-order valence-electron chi connectivity index (χ4n) is 1.97. The van der Waals surface area contributed by atoms with Crippen molar-refractivity contribution < 1.29 is 14.3 Å². The van der Waals surface area contributed by atoms with Crippen LogP contribution in [0.2, 0.25) is 0 Å². The van der Waals surface area contributed by atoms with E-state index in [1.807, 2.05) is 29.1 Å². The van der Waals surface area contributed by atoms with Crippen molar-refractivity contribution in [1.29, 1.82) is 0 Å². The van der Waals surface area contributed by atoms with Gasteiger partial charge in [0.1, 0.15) is 0 Å². The van der Waals surface area contributed by atoms with Crippen LogP contribution in [0.25, 0.3) is 0 Å². The zero-order valence-corrected chi connectivity index (χ0v) is 11.9. The van der Waals surface area contributed by atoms with Gasteiger partial charge in [0.25, 0.3) is 0 Å². The molecule has 1 aromatic heterocycles. The van der Waals surface area contributed by atoms with Gasteiger partial charge in [0.2, 0.25) is 5.91 Å². The van der Waals surface area contributed by atoms with E-state index in [1.165, 1.54) is 7.11 Å². The molecule has 1 aromatic carbocycles. The maximum absolute atomic E-state index is 11.8. The summed E-state index contributed by atoms with van der Waals surface area (Å²) in [5.41, 5.74) is 1.14. The first-order valence-electron chi connectivity index (χ1n) is 6.78. The van der Waals surface area contributed by atoms with E-state index in [0.29, 0.717) is 17.7 Å². The molecule has 0 aliphatic heterocycles. The predicted molar refractivity (Wildman–Crippen MR) is 80.1 cm³/mol. The lowest BCUT2D eigenvalue weighted by molar-refractivity contribution is -0.116. The lowest BCUT2D eigenvalue weighted by Crippen LogP contribution is -2.12. The van der Waals surface area contributed by atoms with Crippen LogP contribution >= 0.6 is 0 Å². The summed E-state index contributed by atoms with van der Waals surface area (Å²) in [4.78, 5) is 23.1. The number of methoxy groups -OCH3 is 1. The zero-order chi connectivity index (χ0) is 15.1. The minimum absolute atomic E-state index is 0.0343. The number of hydrogen-bond acceptors (Lipinski definition) is 3. The molecule has 0 atom stereocenters. The van der Waals surface area contributed by atoms with Gasteiger partial charge in [0.05, 0.1) is 12.7 Å². The normalized spacial score (nSPS) is 10.1. The number of hydrogen-bond donors (Lipinski definition) is 1. The highest BCUT2D eigenvalue weighted by Crippen LogP contribution is 2.11. The van der Waals surface area contributed by atoms with Crippen molar-refractivity contribution in [2.45, 2.75) is 19.4 Å². The van der Waals surface area contributed by atoms with E-state index in [0.717, 1.165) is 13.0 Å². The number of amides is 1. The molecule has 0 radical (unpaired) electrons. The molecule has 110 valence electrons. The zero-order valence-electron chi connectivity index (χ0n) is 11.9. The maximum Gasteiger partial charge on any atom is 0.337 e. The molecular weight excluding hydrogens is 268 g/mol. The minimum atomic E-state index is -0.389. The quantitative estimate of drug-likeness (QED) is 0.831. The summed E-state index contributed by atoms with van der Waals surface area (Å²) < 4.78 is 6.66.